The Bertz CT molecular complexity index is 517. The van der Waals surface area contributed by atoms with Gasteiger partial charge in [-0.3, -0.25) is 4.79 Å². The Balaban J connectivity index is 2.74. The molecule has 0 bridgehead atoms. The molecule has 0 heterocycles. The summed E-state index contributed by atoms with van der Waals surface area (Å²) in [5, 5.41) is 13.6. The zero-order chi connectivity index (χ0) is 16.0. The van der Waals surface area contributed by atoms with Gasteiger partial charge in [-0.2, -0.15) is 0 Å². The average molecular weight is 337 g/mol. The van der Waals surface area contributed by atoms with E-state index in [0.717, 1.165) is 18.6 Å². The molecule has 1 atom stereocenters. The molecule has 116 valence electrons. The first kappa shape index (κ1) is 17.5. The number of carbonyl (C=O) groups excluding carboxylic acids is 1. The predicted molar refractivity (Wildman–Crippen MR) is 79.5 cm³/mol. The molecule has 8 heteroatoms. The lowest BCUT2D eigenvalue weighted by atomic mass is 10.1. The van der Waals surface area contributed by atoms with Crippen LogP contribution in [0.25, 0.3) is 0 Å². The van der Waals surface area contributed by atoms with Crippen molar-refractivity contribution in [3.8, 4) is 0 Å². The average Bonchev–Trinajstić information content (AvgIpc) is 2.33. The van der Waals surface area contributed by atoms with Crippen molar-refractivity contribution >= 4 is 40.9 Å². The van der Waals surface area contributed by atoms with Gasteiger partial charge in [0.15, 0.2) is 0 Å². The van der Waals surface area contributed by atoms with Crippen LogP contribution in [0.1, 0.15) is 26.2 Å². The lowest BCUT2D eigenvalue weighted by Crippen LogP contribution is -2.39. The molecule has 0 radical (unpaired) electrons. The lowest BCUT2D eigenvalue weighted by molar-refractivity contribution is -0.137. The quantitative estimate of drug-likeness (QED) is 0.737. The van der Waals surface area contributed by atoms with Crippen LogP contribution in [-0.2, 0) is 4.79 Å². The van der Waals surface area contributed by atoms with Gasteiger partial charge < -0.3 is 15.7 Å². The van der Waals surface area contributed by atoms with E-state index in [1.165, 1.54) is 0 Å². The van der Waals surface area contributed by atoms with Crippen LogP contribution in [0.3, 0.4) is 0 Å². The molecular formula is C13H15Cl2FN2O3. The van der Waals surface area contributed by atoms with Crippen molar-refractivity contribution in [2.24, 2.45) is 0 Å². The number of halogens is 3. The Labute approximate surface area is 131 Å². The molecule has 0 aromatic heterocycles. The Morgan fingerprint density at radius 3 is 2.38 bits per heavy atom. The zero-order valence-electron chi connectivity index (χ0n) is 11.3. The molecular weight excluding hydrogens is 322 g/mol. The van der Waals surface area contributed by atoms with Gasteiger partial charge in [-0.15, -0.1) is 0 Å². The number of carbonyl (C=O) groups is 2. The van der Waals surface area contributed by atoms with Crippen molar-refractivity contribution in [2.45, 2.75) is 32.2 Å². The van der Waals surface area contributed by atoms with Crippen molar-refractivity contribution in [3.05, 3.63) is 28.0 Å². The Morgan fingerprint density at radius 2 is 1.90 bits per heavy atom. The van der Waals surface area contributed by atoms with E-state index in [2.05, 4.69) is 10.6 Å². The highest BCUT2D eigenvalue weighted by atomic mass is 35.5. The summed E-state index contributed by atoms with van der Waals surface area (Å²) in [7, 11) is 0. The summed E-state index contributed by atoms with van der Waals surface area (Å²) in [5.74, 6) is -1.63. The van der Waals surface area contributed by atoms with E-state index in [-0.39, 0.29) is 22.2 Å². The Hall–Kier alpha value is -1.53. The first-order valence-electron chi connectivity index (χ1n) is 6.27. The maximum absolute atomic E-state index is 13.0. The van der Waals surface area contributed by atoms with Crippen LogP contribution in [0, 0.1) is 5.82 Å². The fourth-order valence-corrected chi connectivity index (χ4v) is 2.34. The molecule has 0 saturated carbocycles. The predicted octanol–water partition coefficient (Wildman–Crippen LogP) is 3.90. The highest BCUT2D eigenvalue weighted by Gasteiger charge is 2.17. The van der Waals surface area contributed by atoms with Gasteiger partial charge >= 0.3 is 12.0 Å². The number of nitrogens with one attached hydrogen (secondary N) is 2. The topological polar surface area (TPSA) is 78.4 Å². The van der Waals surface area contributed by atoms with Gasteiger partial charge in [0.05, 0.1) is 22.2 Å². The lowest BCUT2D eigenvalue weighted by Gasteiger charge is -2.17. The number of urea groups is 1. The van der Waals surface area contributed by atoms with Crippen molar-refractivity contribution < 1.29 is 19.1 Å². The molecule has 0 fully saturated rings. The second-order valence-electron chi connectivity index (χ2n) is 4.43. The van der Waals surface area contributed by atoms with Gasteiger partial charge in [-0.1, -0.05) is 36.5 Å². The minimum Gasteiger partial charge on any atom is -0.481 e. The molecule has 0 spiro atoms. The number of hydrogen-bond acceptors (Lipinski definition) is 2. The molecule has 1 unspecified atom stereocenters. The van der Waals surface area contributed by atoms with E-state index in [1.807, 2.05) is 6.92 Å². The van der Waals surface area contributed by atoms with Gasteiger partial charge in [0, 0.05) is 6.04 Å². The minimum absolute atomic E-state index is 0.0413. The van der Waals surface area contributed by atoms with Crippen LogP contribution in [0.5, 0.6) is 0 Å². The molecule has 0 aliphatic rings. The first-order valence-corrected chi connectivity index (χ1v) is 7.03. The molecule has 3 N–H and O–H groups in total. The van der Waals surface area contributed by atoms with Crippen LogP contribution in [-0.4, -0.2) is 23.1 Å². The first-order chi connectivity index (χ1) is 9.83. The molecule has 1 aromatic carbocycles. The van der Waals surface area contributed by atoms with Crippen LogP contribution >= 0.6 is 23.2 Å². The summed E-state index contributed by atoms with van der Waals surface area (Å²) in [6.07, 6.45) is 1.05. The molecule has 0 saturated heterocycles. The fraction of sp³-hybridized carbons (Fsp3) is 0.385. The van der Waals surface area contributed by atoms with Gasteiger partial charge in [0.25, 0.3) is 0 Å². The van der Waals surface area contributed by atoms with Gasteiger partial charge in [-0.05, 0) is 18.6 Å². The summed E-state index contributed by atoms with van der Waals surface area (Å²) in [6.45, 7) is 1.88. The molecule has 5 nitrogen and oxygen atoms in total. The maximum Gasteiger partial charge on any atom is 0.319 e. The molecule has 21 heavy (non-hydrogen) atoms. The SMILES string of the molecule is CCCC(CC(=O)O)NC(=O)Nc1c(Cl)cc(F)cc1Cl. The molecule has 1 aromatic rings. The minimum atomic E-state index is -1.01. The van der Waals surface area contributed by atoms with E-state index >= 15 is 0 Å². The van der Waals surface area contributed by atoms with Crippen LogP contribution in [0.4, 0.5) is 14.9 Å². The molecule has 2 amide bonds. The number of aliphatic carboxylic acids is 1. The number of hydrogen-bond donors (Lipinski definition) is 3. The fourth-order valence-electron chi connectivity index (χ4n) is 1.78. The van der Waals surface area contributed by atoms with Crippen molar-refractivity contribution in [1.82, 2.24) is 5.32 Å². The number of benzene rings is 1. The highest BCUT2D eigenvalue weighted by molar-refractivity contribution is 6.39. The third kappa shape index (κ3) is 5.77. The van der Waals surface area contributed by atoms with E-state index in [9.17, 15) is 14.0 Å². The van der Waals surface area contributed by atoms with E-state index in [0.29, 0.717) is 6.42 Å². The van der Waals surface area contributed by atoms with E-state index in [4.69, 9.17) is 28.3 Å². The van der Waals surface area contributed by atoms with Crippen LogP contribution in [0.15, 0.2) is 12.1 Å². The monoisotopic (exact) mass is 336 g/mol. The van der Waals surface area contributed by atoms with E-state index in [1.54, 1.807) is 0 Å². The highest BCUT2D eigenvalue weighted by Crippen LogP contribution is 2.31. The third-order valence-corrected chi connectivity index (χ3v) is 3.23. The number of carboxylic acids is 1. The second-order valence-corrected chi connectivity index (χ2v) is 5.24. The summed E-state index contributed by atoms with van der Waals surface area (Å²) < 4.78 is 13.0. The normalized spacial score (nSPS) is 11.8. The maximum atomic E-state index is 13.0. The smallest absolute Gasteiger partial charge is 0.319 e. The summed E-state index contributed by atoms with van der Waals surface area (Å²) in [6, 6.07) is 0.879. The molecule has 1 rings (SSSR count). The number of anilines is 1. The standard InChI is InChI=1S/C13H15Cl2FN2O3/c1-2-3-8(6-11(19)20)17-13(21)18-12-9(14)4-7(16)5-10(12)15/h4-5,8H,2-3,6H2,1H3,(H,19,20)(H2,17,18,21). The summed E-state index contributed by atoms with van der Waals surface area (Å²) in [5.41, 5.74) is 0.0720. The molecule has 0 aliphatic carbocycles. The summed E-state index contributed by atoms with van der Waals surface area (Å²) in [4.78, 5) is 22.6. The van der Waals surface area contributed by atoms with Crippen LogP contribution < -0.4 is 10.6 Å². The van der Waals surface area contributed by atoms with Crippen molar-refractivity contribution in [3.63, 3.8) is 0 Å². The van der Waals surface area contributed by atoms with Gasteiger partial charge in [0.1, 0.15) is 5.82 Å². The summed E-state index contributed by atoms with van der Waals surface area (Å²) >= 11 is 11.6. The molecule has 0 aliphatic heterocycles. The van der Waals surface area contributed by atoms with Gasteiger partial charge in [-0.25, -0.2) is 9.18 Å². The zero-order valence-corrected chi connectivity index (χ0v) is 12.8. The van der Waals surface area contributed by atoms with E-state index < -0.39 is 23.9 Å². The number of amides is 2. The Kier molecular flexibility index (Phi) is 6.71. The number of carboxylic acid groups (broad SMARTS) is 1. The second kappa shape index (κ2) is 8.05. The third-order valence-electron chi connectivity index (χ3n) is 2.64. The largest absolute Gasteiger partial charge is 0.481 e. The van der Waals surface area contributed by atoms with Crippen molar-refractivity contribution in [1.29, 1.82) is 0 Å². The Morgan fingerprint density at radius 1 is 1.33 bits per heavy atom. The number of rotatable bonds is 6. The van der Waals surface area contributed by atoms with Crippen molar-refractivity contribution in [2.75, 3.05) is 5.32 Å². The van der Waals surface area contributed by atoms with Gasteiger partial charge in [0.2, 0.25) is 0 Å². The van der Waals surface area contributed by atoms with Crippen LogP contribution in [0.2, 0.25) is 10.0 Å².